The molecule has 1 atom stereocenters. The molecule has 0 fully saturated rings. The molecule has 98 valence electrons. The van der Waals surface area contributed by atoms with Crippen molar-refractivity contribution < 1.29 is 4.74 Å². The third kappa shape index (κ3) is 2.87. The average molecular weight is 267 g/mol. The number of hydrazine groups is 1. The summed E-state index contributed by atoms with van der Waals surface area (Å²) in [5.41, 5.74) is 2.48. The Morgan fingerprint density at radius 3 is 3.06 bits per heavy atom. The summed E-state index contributed by atoms with van der Waals surface area (Å²) in [4.78, 5) is 9.52. The zero-order valence-corrected chi connectivity index (χ0v) is 11.3. The van der Waals surface area contributed by atoms with E-state index >= 15 is 0 Å². The van der Waals surface area contributed by atoms with E-state index in [1.54, 1.807) is 11.3 Å². The molecule has 0 spiro atoms. The molecular formula is C11H17N5OS. The molecule has 0 saturated carbocycles. The molecule has 6 nitrogen and oxygen atoms in total. The summed E-state index contributed by atoms with van der Waals surface area (Å²) in [5, 5.41) is 6.30. The summed E-state index contributed by atoms with van der Waals surface area (Å²) in [7, 11) is 0. The predicted octanol–water partition coefficient (Wildman–Crippen LogP) is 1.81. The largest absolute Gasteiger partial charge is 0.380 e. The number of hydrogen-bond donors (Lipinski definition) is 3. The van der Waals surface area contributed by atoms with Gasteiger partial charge in [0.25, 0.3) is 0 Å². The fourth-order valence-electron chi connectivity index (χ4n) is 1.60. The van der Waals surface area contributed by atoms with Gasteiger partial charge < -0.3 is 10.1 Å². The highest BCUT2D eigenvalue weighted by molar-refractivity contribution is 7.16. The number of nitrogens with one attached hydrogen (secondary N) is 2. The van der Waals surface area contributed by atoms with Crippen molar-refractivity contribution >= 4 is 33.3 Å². The number of nitrogen functional groups attached to an aromatic ring is 1. The number of ether oxygens (including phenoxy) is 1. The number of hydrogen-bond acceptors (Lipinski definition) is 7. The first-order chi connectivity index (χ1) is 8.74. The molecule has 2 aromatic rings. The maximum absolute atomic E-state index is 5.37. The van der Waals surface area contributed by atoms with E-state index in [-0.39, 0.29) is 6.04 Å². The van der Waals surface area contributed by atoms with Crippen LogP contribution in [0.5, 0.6) is 0 Å². The molecule has 18 heavy (non-hydrogen) atoms. The first kappa shape index (κ1) is 13.0. The molecule has 0 aliphatic rings. The van der Waals surface area contributed by atoms with Crippen LogP contribution in [-0.2, 0) is 4.74 Å². The Bertz CT molecular complexity index is 515. The molecule has 0 amide bonds. The van der Waals surface area contributed by atoms with Gasteiger partial charge in [0.1, 0.15) is 10.6 Å². The summed E-state index contributed by atoms with van der Waals surface area (Å²) in [6.45, 7) is 5.37. The Labute approximate surface area is 110 Å². The fourth-order valence-corrected chi connectivity index (χ4v) is 2.36. The van der Waals surface area contributed by atoms with Crippen molar-refractivity contribution in [3.8, 4) is 0 Å². The van der Waals surface area contributed by atoms with Crippen molar-refractivity contribution in [1.82, 2.24) is 9.97 Å². The quantitative estimate of drug-likeness (QED) is 0.547. The zero-order valence-electron chi connectivity index (χ0n) is 10.4. The summed E-state index contributed by atoms with van der Waals surface area (Å²) in [6.07, 6.45) is 0. The zero-order chi connectivity index (χ0) is 13.0. The minimum absolute atomic E-state index is 0.175. The van der Waals surface area contributed by atoms with E-state index in [2.05, 4.69) is 20.7 Å². The van der Waals surface area contributed by atoms with Gasteiger partial charge in [-0.15, -0.1) is 11.3 Å². The lowest BCUT2D eigenvalue weighted by Gasteiger charge is -2.15. The topological polar surface area (TPSA) is 85.1 Å². The first-order valence-corrected chi connectivity index (χ1v) is 6.68. The second-order valence-corrected chi connectivity index (χ2v) is 4.78. The molecule has 7 heteroatoms. The van der Waals surface area contributed by atoms with Crippen LogP contribution in [0, 0.1) is 0 Å². The Morgan fingerprint density at radius 1 is 1.50 bits per heavy atom. The SMILES string of the molecule is CCOCC(C)Nc1nc(NN)nc2sccc12. The van der Waals surface area contributed by atoms with Crippen LogP contribution < -0.4 is 16.6 Å². The average Bonchev–Trinajstić information content (AvgIpc) is 2.84. The summed E-state index contributed by atoms with van der Waals surface area (Å²) in [5.74, 6) is 6.56. The molecule has 0 aliphatic heterocycles. The fraction of sp³-hybridized carbons (Fsp3) is 0.455. The van der Waals surface area contributed by atoms with Crippen molar-refractivity contribution in [1.29, 1.82) is 0 Å². The highest BCUT2D eigenvalue weighted by atomic mass is 32.1. The van der Waals surface area contributed by atoms with E-state index in [4.69, 9.17) is 10.6 Å². The molecule has 0 bridgehead atoms. The van der Waals surface area contributed by atoms with Crippen molar-refractivity contribution in [2.45, 2.75) is 19.9 Å². The van der Waals surface area contributed by atoms with Crippen LogP contribution in [0.4, 0.5) is 11.8 Å². The highest BCUT2D eigenvalue weighted by Crippen LogP contribution is 2.26. The van der Waals surface area contributed by atoms with Gasteiger partial charge in [0.15, 0.2) is 0 Å². The molecule has 0 aromatic carbocycles. The Morgan fingerprint density at radius 2 is 2.33 bits per heavy atom. The van der Waals surface area contributed by atoms with Gasteiger partial charge in [-0.3, -0.25) is 5.43 Å². The number of nitrogens with two attached hydrogens (primary N) is 1. The third-order valence-electron chi connectivity index (χ3n) is 2.41. The molecule has 1 unspecified atom stereocenters. The molecule has 2 aromatic heterocycles. The Kier molecular flexibility index (Phi) is 4.29. The Hall–Kier alpha value is -1.44. The lowest BCUT2D eigenvalue weighted by molar-refractivity contribution is 0.141. The van der Waals surface area contributed by atoms with E-state index in [0.29, 0.717) is 19.2 Å². The minimum atomic E-state index is 0.175. The summed E-state index contributed by atoms with van der Waals surface area (Å²) >= 11 is 1.56. The maximum Gasteiger partial charge on any atom is 0.240 e. The van der Waals surface area contributed by atoms with Gasteiger partial charge in [-0.2, -0.15) is 4.98 Å². The van der Waals surface area contributed by atoms with Crippen LogP contribution in [0.15, 0.2) is 11.4 Å². The molecule has 2 rings (SSSR count). The molecule has 0 saturated heterocycles. The summed E-state index contributed by atoms with van der Waals surface area (Å²) in [6, 6.07) is 2.17. The second kappa shape index (κ2) is 5.94. The normalized spacial score (nSPS) is 12.6. The van der Waals surface area contributed by atoms with Gasteiger partial charge in [-0.1, -0.05) is 0 Å². The van der Waals surface area contributed by atoms with Gasteiger partial charge in [-0.25, -0.2) is 10.8 Å². The van der Waals surface area contributed by atoms with Crippen LogP contribution in [0.1, 0.15) is 13.8 Å². The number of nitrogens with zero attached hydrogens (tertiary/aromatic N) is 2. The smallest absolute Gasteiger partial charge is 0.240 e. The lowest BCUT2D eigenvalue weighted by atomic mass is 10.3. The van der Waals surface area contributed by atoms with Crippen molar-refractivity contribution in [2.24, 2.45) is 5.84 Å². The monoisotopic (exact) mass is 267 g/mol. The molecular weight excluding hydrogens is 250 g/mol. The number of rotatable bonds is 6. The van der Waals surface area contributed by atoms with E-state index in [1.165, 1.54) is 0 Å². The predicted molar refractivity (Wildman–Crippen MR) is 74.8 cm³/mol. The molecule has 0 radical (unpaired) electrons. The first-order valence-electron chi connectivity index (χ1n) is 5.80. The number of aromatic nitrogens is 2. The van der Waals surface area contributed by atoms with Crippen LogP contribution in [0.3, 0.4) is 0 Å². The van der Waals surface area contributed by atoms with Gasteiger partial charge >= 0.3 is 0 Å². The number of fused-ring (bicyclic) bond motifs is 1. The highest BCUT2D eigenvalue weighted by Gasteiger charge is 2.10. The molecule has 0 aliphatic carbocycles. The molecule has 4 N–H and O–H groups in total. The minimum Gasteiger partial charge on any atom is -0.380 e. The van der Waals surface area contributed by atoms with Gasteiger partial charge in [-0.05, 0) is 25.3 Å². The van der Waals surface area contributed by atoms with Crippen molar-refractivity contribution in [2.75, 3.05) is 24.0 Å². The van der Waals surface area contributed by atoms with Crippen LogP contribution in [0.25, 0.3) is 10.2 Å². The van der Waals surface area contributed by atoms with Gasteiger partial charge in [0, 0.05) is 12.6 Å². The lowest BCUT2D eigenvalue weighted by Crippen LogP contribution is -2.23. The van der Waals surface area contributed by atoms with Gasteiger partial charge in [0.05, 0.1) is 12.0 Å². The summed E-state index contributed by atoms with van der Waals surface area (Å²) < 4.78 is 5.37. The van der Waals surface area contributed by atoms with E-state index in [1.807, 2.05) is 25.3 Å². The van der Waals surface area contributed by atoms with Crippen molar-refractivity contribution in [3.05, 3.63) is 11.4 Å². The third-order valence-corrected chi connectivity index (χ3v) is 3.22. The Balaban J connectivity index is 2.22. The maximum atomic E-state index is 5.37. The van der Waals surface area contributed by atoms with Crippen LogP contribution in [0.2, 0.25) is 0 Å². The van der Waals surface area contributed by atoms with E-state index < -0.39 is 0 Å². The second-order valence-electron chi connectivity index (χ2n) is 3.88. The van der Waals surface area contributed by atoms with Crippen LogP contribution >= 0.6 is 11.3 Å². The number of anilines is 2. The van der Waals surface area contributed by atoms with E-state index in [0.717, 1.165) is 16.0 Å². The molecule has 2 heterocycles. The van der Waals surface area contributed by atoms with Gasteiger partial charge in [0.2, 0.25) is 5.95 Å². The van der Waals surface area contributed by atoms with E-state index in [9.17, 15) is 0 Å². The standard InChI is InChI=1S/C11H17N5OS/c1-3-17-6-7(2)13-9-8-4-5-18-10(8)15-11(14-9)16-12/h4-5,7H,3,6,12H2,1-2H3,(H2,13,14,15,16). The van der Waals surface area contributed by atoms with Crippen molar-refractivity contribution in [3.63, 3.8) is 0 Å². The van der Waals surface area contributed by atoms with Crippen LogP contribution in [-0.4, -0.2) is 29.2 Å². The number of thiophene rings is 1.